The van der Waals surface area contributed by atoms with Crippen molar-refractivity contribution < 1.29 is 4.39 Å². The fraction of sp³-hybridized carbons (Fsp3) is 0.312. The van der Waals surface area contributed by atoms with Crippen molar-refractivity contribution in [2.24, 2.45) is 0 Å². The number of nitrogen functional groups attached to an aromatic ring is 1. The molecule has 21 heavy (non-hydrogen) atoms. The Hall–Kier alpha value is -2.14. The SMILES string of the molecule is CN(CCCn1cc(N)ccc1=O)Cc1ccccc1F. The van der Waals surface area contributed by atoms with Crippen molar-refractivity contribution in [1.29, 1.82) is 0 Å². The van der Waals surface area contributed by atoms with Gasteiger partial charge in [0.2, 0.25) is 0 Å². The van der Waals surface area contributed by atoms with E-state index >= 15 is 0 Å². The summed E-state index contributed by atoms with van der Waals surface area (Å²) in [6.45, 7) is 1.93. The van der Waals surface area contributed by atoms with Crippen LogP contribution < -0.4 is 11.3 Å². The molecule has 2 rings (SSSR count). The third-order valence-electron chi connectivity index (χ3n) is 3.34. The summed E-state index contributed by atoms with van der Waals surface area (Å²) in [5.41, 5.74) is 6.87. The molecular weight excluding hydrogens is 269 g/mol. The monoisotopic (exact) mass is 289 g/mol. The molecule has 0 radical (unpaired) electrons. The smallest absolute Gasteiger partial charge is 0.250 e. The molecule has 1 aromatic heterocycles. The zero-order chi connectivity index (χ0) is 15.2. The number of aromatic nitrogens is 1. The number of pyridine rings is 1. The average molecular weight is 289 g/mol. The van der Waals surface area contributed by atoms with Gasteiger partial charge in [0.15, 0.2) is 0 Å². The number of hydrogen-bond acceptors (Lipinski definition) is 3. The fourth-order valence-corrected chi connectivity index (χ4v) is 2.23. The van der Waals surface area contributed by atoms with Crippen molar-refractivity contribution >= 4 is 5.69 Å². The van der Waals surface area contributed by atoms with Gasteiger partial charge in [-0.1, -0.05) is 18.2 Å². The number of hydrogen-bond donors (Lipinski definition) is 1. The molecule has 0 aliphatic rings. The number of anilines is 1. The van der Waals surface area contributed by atoms with Gasteiger partial charge in [0.05, 0.1) is 0 Å². The van der Waals surface area contributed by atoms with Crippen LogP contribution in [0.5, 0.6) is 0 Å². The van der Waals surface area contributed by atoms with Crippen molar-refractivity contribution in [2.45, 2.75) is 19.5 Å². The van der Waals surface area contributed by atoms with Gasteiger partial charge >= 0.3 is 0 Å². The Labute approximate surface area is 123 Å². The topological polar surface area (TPSA) is 51.3 Å². The minimum absolute atomic E-state index is 0.0547. The van der Waals surface area contributed by atoms with E-state index in [1.165, 1.54) is 12.1 Å². The van der Waals surface area contributed by atoms with Crippen LogP contribution in [-0.2, 0) is 13.1 Å². The van der Waals surface area contributed by atoms with E-state index in [0.717, 1.165) is 13.0 Å². The molecule has 112 valence electrons. The summed E-state index contributed by atoms with van der Waals surface area (Å²) in [5.74, 6) is -0.184. The highest BCUT2D eigenvalue weighted by Gasteiger charge is 2.05. The molecule has 1 aromatic carbocycles. The van der Waals surface area contributed by atoms with E-state index in [0.29, 0.717) is 24.3 Å². The molecule has 2 N–H and O–H groups in total. The molecule has 1 heterocycles. The number of nitrogens with two attached hydrogens (primary N) is 1. The zero-order valence-corrected chi connectivity index (χ0v) is 12.1. The van der Waals surface area contributed by atoms with Crippen LogP contribution in [0.2, 0.25) is 0 Å². The van der Waals surface area contributed by atoms with E-state index in [1.807, 2.05) is 18.0 Å². The van der Waals surface area contributed by atoms with E-state index in [1.54, 1.807) is 29.0 Å². The Morgan fingerprint density at radius 3 is 2.76 bits per heavy atom. The van der Waals surface area contributed by atoms with E-state index < -0.39 is 0 Å². The van der Waals surface area contributed by atoms with Crippen LogP contribution >= 0.6 is 0 Å². The summed E-state index contributed by atoms with van der Waals surface area (Å²) >= 11 is 0. The molecule has 0 unspecified atom stereocenters. The molecule has 2 aromatic rings. The van der Waals surface area contributed by atoms with Gasteiger partial charge in [-0.3, -0.25) is 4.79 Å². The van der Waals surface area contributed by atoms with Crippen LogP contribution in [0, 0.1) is 5.82 Å². The van der Waals surface area contributed by atoms with E-state index in [9.17, 15) is 9.18 Å². The van der Waals surface area contributed by atoms with Crippen LogP contribution in [0.3, 0.4) is 0 Å². The average Bonchev–Trinajstić information content (AvgIpc) is 2.45. The lowest BCUT2D eigenvalue weighted by Crippen LogP contribution is -2.24. The molecule has 0 fully saturated rings. The van der Waals surface area contributed by atoms with Crippen LogP contribution in [0.4, 0.5) is 10.1 Å². The van der Waals surface area contributed by atoms with Crippen molar-refractivity contribution in [2.75, 3.05) is 19.3 Å². The predicted octanol–water partition coefficient (Wildman–Crippen LogP) is 2.09. The molecule has 0 spiro atoms. The van der Waals surface area contributed by atoms with E-state index in [4.69, 9.17) is 5.73 Å². The van der Waals surface area contributed by atoms with Crippen molar-refractivity contribution in [3.05, 3.63) is 64.3 Å². The first-order valence-corrected chi connectivity index (χ1v) is 6.94. The molecule has 0 saturated carbocycles. The summed E-state index contributed by atoms with van der Waals surface area (Å²) in [7, 11) is 1.94. The number of aryl methyl sites for hydroxylation is 1. The van der Waals surface area contributed by atoms with E-state index in [-0.39, 0.29) is 11.4 Å². The first kappa shape index (κ1) is 15.3. The Bertz CT molecular complexity index is 654. The molecule has 0 aliphatic carbocycles. The van der Waals surface area contributed by atoms with Gasteiger partial charge in [0.25, 0.3) is 5.56 Å². The summed E-state index contributed by atoms with van der Waals surface area (Å²) < 4.78 is 15.2. The maximum absolute atomic E-state index is 13.5. The van der Waals surface area contributed by atoms with Gasteiger partial charge in [-0.05, 0) is 32.1 Å². The summed E-state index contributed by atoms with van der Waals surface area (Å²) in [6.07, 6.45) is 2.45. The fourth-order valence-electron chi connectivity index (χ4n) is 2.23. The second kappa shape index (κ2) is 7.04. The van der Waals surface area contributed by atoms with Gasteiger partial charge in [0.1, 0.15) is 5.82 Å². The lowest BCUT2D eigenvalue weighted by molar-refractivity contribution is 0.308. The molecule has 0 saturated heterocycles. The van der Waals surface area contributed by atoms with Crippen molar-refractivity contribution in [3.8, 4) is 0 Å². The normalized spacial score (nSPS) is 11.0. The Balaban J connectivity index is 1.84. The third kappa shape index (κ3) is 4.43. The van der Waals surface area contributed by atoms with Crippen LogP contribution in [0.25, 0.3) is 0 Å². The molecule has 0 bridgehead atoms. The number of rotatable bonds is 6. The first-order valence-electron chi connectivity index (χ1n) is 6.94. The number of nitrogens with zero attached hydrogens (tertiary/aromatic N) is 2. The molecule has 4 nitrogen and oxygen atoms in total. The standard InChI is InChI=1S/C16H20FN3O/c1-19(11-13-5-2-3-6-15(13)17)9-4-10-20-12-14(18)7-8-16(20)21/h2-3,5-8,12H,4,9-11,18H2,1H3. The van der Waals surface area contributed by atoms with Crippen molar-refractivity contribution in [1.82, 2.24) is 9.47 Å². The molecule has 0 amide bonds. The van der Waals surface area contributed by atoms with Crippen LogP contribution in [0.15, 0.2) is 47.4 Å². The quantitative estimate of drug-likeness (QED) is 0.886. The molecule has 5 heteroatoms. The maximum atomic E-state index is 13.5. The lowest BCUT2D eigenvalue weighted by Gasteiger charge is -2.17. The highest BCUT2D eigenvalue weighted by Crippen LogP contribution is 2.09. The van der Waals surface area contributed by atoms with Gasteiger partial charge in [-0.25, -0.2) is 4.39 Å². The Morgan fingerprint density at radius 2 is 2.00 bits per heavy atom. The second-order valence-corrected chi connectivity index (χ2v) is 5.18. The minimum atomic E-state index is -0.184. The van der Waals surface area contributed by atoms with Gasteiger partial charge in [0, 0.05) is 36.6 Å². The molecular formula is C16H20FN3O. The van der Waals surface area contributed by atoms with Crippen LogP contribution in [-0.4, -0.2) is 23.1 Å². The minimum Gasteiger partial charge on any atom is -0.398 e. The largest absolute Gasteiger partial charge is 0.398 e. The number of halogens is 1. The maximum Gasteiger partial charge on any atom is 0.250 e. The highest BCUT2D eigenvalue weighted by atomic mass is 19.1. The zero-order valence-electron chi connectivity index (χ0n) is 12.1. The predicted molar refractivity (Wildman–Crippen MR) is 82.5 cm³/mol. The van der Waals surface area contributed by atoms with Gasteiger partial charge in [-0.15, -0.1) is 0 Å². The van der Waals surface area contributed by atoms with E-state index in [2.05, 4.69) is 0 Å². The third-order valence-corrected chi connectivity index (χ3v) is 3.34. The van der Waals surface area contributed by atoms with Gasteiger partial charge in [-0.2, -0.15) is 0 Å². The van der Waals surface area contributed by atoms with Crippen molar-refractivity contribution in [3.63, 3.8) is 0 Å². The molecule has 0 atom stereocenters. The Morgan fingerprint density at radius 1 is 1.24 bits per heavy atom. The second-order valence-electron chi connectivity index (χ2n) is 5.18. The Kier molecular flexibility index (Phi) is 5.11. The highest BCUT2D eigenvalue weighted by molar-refractivity contribution is 5.33. The van der Waals surface area contributed by atoms with Crippen LogP contribution in [0.1, 0.15) is 12.0 Å². The lowest BCUT2D eigenvalue weighted by atomic mass is 10.2. The summed E-state index contributed by atoms with van der Waals surface area (Å²) in [6, 6.07) is 9.84. The van der Waals surface area contributed by atoms with Gasteiger partial charge < -0.3 is 15.2 Å². The summed E-state index contributed by atoms with van der Waals surface area (Å²) in [5, 5.41) is 0. The summed E-state index contributed by atoms with van der Waals surface area (Å²) in [4.78, 5) is 13.7. The number of benzene rings is 1. The first-order chi connectivity index (χ1) is 10.1. The molecule has 0 aliphatic heterocycles.